The molecule has 2 aliphatic heterocycles. The van der Waals surface area contributed by atoms with E-state index in [2.05, 4.69) is 47.2 Å². The summed E-state index contributed by atoms with van der Waals surface area (Å²) in [5.41, 5.74) is 7.33. The van der Waals surface area contributed by atoms with Gasteiger partial charge < -0.3 is 10.6 Å². The third kappa shape index (κ3) is 3.31. The molecule has 0 amide bonds. The Kier molecular flexibility index (Phi) is 4.94. The first-order valence-electron chi connectivity index (χ1n) is 8.49. The molecule has 3 nitrogen and oxygen atoms in total. The van der Waals surface area contributed by atoms with E-state index in [4.69, 9.17) is 5.73 Å². The lowest BCUT2D eigenvalue weighted by Crippen LogP contribution is -2.53. The van der Waals surface area contributed by atoms with Crippen molar-refractivity contribution in [2.75, 3.05) is 33.2 Å². The summed E-state index contributed by atoms with van der Waals surface area (Å²) in [6, 6.07) is 12.2. The lowest BCUT2D eigenvalue weighted by atomic mass is 9.83. The molecule has 3 unspecified atom stereocenters. The highest BCUT2D eigenvalue weighted by molar-refractivity contribution is 5.19. The van der Waals surface area contributed by atoms with Crippen molar-refractivity contribution >= 4 is 0 Å². The number of hydrogen-bond donors (Lipinski definition) is 1. The maximum atomic E-state index is 5.89. The number of likely N-dealkylation sites (tertiary alicyclic amines) is 2. The molecule has 21 heavy (non-hydrogen) atoms. The molecular formula is C18H29N3. The SMILES string of the molecule is CN1CCCC2CN(C(CCN)c3ccccc3)CCC21. The van der Waals surface area contributed by atoms with Crippen LogP contribution in [0.4, 0.5) is 0 Å². The molecule has 0 spiro atoms. The van der Waals surface area contributed by atoms with Gasteiger partial charge in [-0.1, -0.05) is 30.3 Å². The quantitative estimate of drug-likeness (QED) is 0.923. The largest absolute Gasteiger partial charge is 0.330 e. The van der Waals surface area contributed by atoms with Crippen LogP contribution in [0.2, 0.25) is 0 Å². The van der Waals surface area contributed by atoms with Gasteiger partial charge in [-0.25, -0.2) is 0 Å². The van der Waals surface area contributed by atoms with Crippen LogP contribution in [-0.2, 0) is 0 Å². The number of benzene rings is 1. The number of piperidine rings is 2. The van der Waals surface area contributed by atoms with Crippen molar-refractivity contribution in [3.8, 4) is 0 Å². The van der Waals surface area contributed by atoms with Crippen LogP contribution in [0, 0.1) is 5.92 Å². The molecule has 3 rings (SSSR count). The Labute approximate surface area is 129 Å². The highest BCUT2D eigenvalue weighted by Crippen LogP contribution is 2.34. The van der Waals surface area contributed by atoms with Crippen molar-refractivity contribution in [1.82, 2.24) is 9.80 Å². The number of rotatable bonds is 4. The molecule has 2 saturated heterocycles. The van der Waals surface area contributed by atoms with Gasteiger partial charge in [0.15, 0.2) is 0 Å². The van der Waals surface area contributed by atoms with Crippen LogP contribution < -0.4 is 5.73 Å². The van der Waals surface area contributed by atoms with Gasteiger partial charge in [0, 0.05) is 25.2 Å². The van der Waals surface area contributed by atoms with E-state index >= 15 is 0 Å². The number of fused-ring (bicyclic) bond motifs is 1. The molecule has 0 bridgehead atoms. The second-order valence-electron chi connectivity index (χ2n) is 6.74. The summed E-state index contributed by atoms with van der Waals surface area (Å²) in [6.45, 7) is 4.51. The second-order valence-corrected chi connectivity index (χ2v) is 6.74. The third-order valence-electron chi connectivity index (χ3n) is 5.44. The number of hydrogen-bond acceptors (Lipinski definition) is 3. The molecule has 0 aliphatic carbocycles. The van der Waals surface area contributed by atoms with Gasteiger partial charge in [-0.3, -0.25) is 4.90 Å². The van der Waals surface area contributed by atoms with E-state index in [9.17, 15) is 0 Å². The van der Waals surface area contributed by atoms with E-state index in [-0.39, 0.29) is 0 Å². The first kappa shape index (κ1) is 15.0. The van der Waals surface area contributed by atoms with Gasteiger partial charge in [0.25, 0.3) is 0 Å². The van der Waals surface area contributed by atoms with E-state index in [0.717, 1.165) is 24.9 Å². The maximum Gasteiger partial charge on any atom is 0.0360 e. The maximum absolute atomic E-state index is 5.89. The number of nitrogens with zero attached hydrogens (tertiary/aromatic N) is 2. The van der Waals surface area contributed by atoms with E-state index in [1.165, 1.54) is 44.5 Å². The molecule has 0 radical (unpaired) electrons. The predicted octanol–water partition coefficient (Wildman–Crippen LogP) is 2.49. The van der Waals surface area contributed by atoms with Gasteiger partial charge in [-0.2, -0.15) is 0 Å². The molecule has 2 heterocycles. The van der Waals surface area contributed by atoms with Crippen molar-refractivity contribution < 1.29 is 0 Å². The zero-order valence-electron chi connectivity index (χ0n) is 13.2. The summed E-state index contributed by atoms with van der Waals surface area (Å²) in [4.78, 5) is 5.29. The highest BCUT2D eigenvalue weighted by atomic mass is 15.2. The molecule has 116 valence electrons. The Morgan fingerprint density at radius 3 is 2.76 bits per heavy atom. The summed E-state index contributed by atoms with van der Waals surface area (Å²) >= 11 is 0. The Bertz CT molecular complexity index is 433. The summed E-state index contributed by atoms with van der Waals surface area (Å²) in [6.07, 6.45) is 5.14. The van der Waals surface area contributed by atoms with Crippen molar-refractivity contribution in [2.45, 2.75) is 37.8 Å². The summed E-state index contributed by atoms with van der Waals surface area (Å²) in [5, 5.41) is 0. The first-order chi connectivity index (χ1) is 10.3. The molecule has 2 N–H and O–H groups in total. The highest BCUT2D eigenvalue weighted by Gasteiger charge is 2.36. The molecule has 0 aromatic heterocycles. The lowest BCUT2D eigenvalue weighted by Gasteiger charge is -2.48. The van der Waals surface area contributed by atoms with Gasteiger partial charge >= 0.3 is 0 Å². The zero-order chi connectivity index (χ0) is 14.7. The van der Waals surface area contributed by atoms with E-state index in [0.29, 0.717) is 6.04 Å². The van der Waals surface area contributed by atoms with Gasteiger partial charge in [0.05, 0.1) is 0 Å². The fourth-order valence-electron chi connectivity index (χ4n) is 4.36. The summed E-state index contributed by atoms with van der Waals surface area (Å²) in [7, 11) is 2.31. The Morgan fingerprint density at radius 1 is 1.19 bits per heavy atom. The molecule has 3 heteroatoms. The smallest absolute Gasteiger partial charge is 0.0360 e. The van der Waals surface area contributed by atoms with Crippen LogP contribution in [-0.4, -0.2) is 49.1 Å². The van der Waals surface area contributed by atoms with Crippen LogP contribution in [0.1, 0.15) is 37.3 Å². The minimum atomic E-state index is 0.504. The second kappa shape index (κ2) is 6.91. The van der Waals surface area contributed by atoms with Crippen molar-refractivity contribution in [1.29, 1.82) is 0 Å². The topological polar surface area (TPSA) is 32.5 Å². The molecular weight excluding hydrogens is 258 g/mol. The summed E-state index contributed by atoms with van der Waals surface area (Å²) in [5.74, 6) is 0.849. The van der Waals surface area contributed by atoms with Crippen molar-refractivity contribution in [2.24, 2.45) is 11.7 Å². The van der Waals surface area contributed by atoms with Crippen LogP contribution in [0.5, 0.6) is 0 Å². The predicted molar refractivity (Wildman–Crippen MR) is 88.2 cm³/mol. The number of nitrogens with two attached hydrogens (primary N) is 1. The van der Waals surface area contributed by atoms with Gasteiger partial charge in [0.1, 0.15) is 0 Å². The van der Waals surface area contributed by atoms with Crippen LogP contribution >= 0.6 is 0 Å². The van der Waals surface area contributed by atoms with Gasteiger partial charge in [-0.15, -0.1) is 0 Å². The van der Waals surface area contributed by atoms with Crippen LogP contribution in [0.15, 0.2) is 30.3 Å². The Hall–Kier alpha value is -0.900. The normalized spacial score (nSPS) is 29.0. The monoisotopic (exact) mass is 287 g/mol. The van der Waals surface area contributed by atoms with Gasteiger partial charge in [-0.05, 0) is 57.3 Å². The molecule has 3 atom stereocenters. The standard InChI is InChI=1S/C18H29N3/c1-20-12-5-8-16-14-21(13-10-17(16)20)18(9-11-19)15-6-3-2-4-7-15/h2-4,6-7,16-18H,5,8-14,19H2,1H3. The first-order valence-corrected chi connectivity index (χ1v) is 8.49. The average molecular weight is 287 g/mol. The molecule has 1 aromatic carbocycles. The fourth-order valence-corrected chi connectivity index (χ4v) is 4.36. The molecule has 2 fully saturated rings. The minimum absolute atomic E-state index is 0.504. The fraction of sp³-hybridized carbons (Fsp3) is 0.667. The molecule has 2 aliphatic rings. The zero-order valence-corrected chi connectivity index (χ0v) is 13.2. The van der Waals surface area contributed by atoms with E-state index in [1.807, 2.05) is 0 Å². The van der Waals surface area contributed by atoms with Crippen molar-refractivity contribution in [3.63, 3.8) is 0 Å². The molecule has 0 saturated carbocycles. The van der Waals surface area contributed by atoms with Crippen LogP contribution in [0.25, 0.3) is 0 Å². The van der Waals surface area contributed by atoms with Gasteiger partial charge in [0.2, 0.25) is 0 Å². The third-order valence-corrected chi connectivity index (χ3v) is 5.44. The molecule has 1 aromatic rings. The minimum Gasteiger partial charge on any atom is -0.330 e. The Morgan fingerprint density at radius 2 is 2.00 bits per heavy atom. The lowest BCUT2D eigenvalue weighted by molar-refractivity contribution is 0.0183. The Balaban J connectivity index is 1.72. The van der Waals surface area contributed by atoms with E-state index < -0.39 is 0 Å². The average Bonchev–Trinajstić information content (AvgIpc) is 2.53. The summed E-state index contributed by atoms with van der Waals surface area (Å²) < 4.78 is 0. The van der Waals surface area contributed by atoms with E-state index in [1.54, 1.807) is 0 Å². The van der Waals surface area contributed by atoms with Crippen molar-refractivity contribution in [3.05, 3.63) is 35.9 Å². The van der Waals surface area contributed by atoms with Crippen LogP contribution in [0.3, 0.4) is 0 Å².